The Balaban J connectivity index is 2.65. The zero-order valence-corrected chi connectivity index (χ0v) is 15.6. The van der Waals surface area contributed by atoms with Crippen LogP contribution in [0, 0.1) is 0 Å². The highest BCUT2D eigenvalue weighted by Crippen LogP contribution is 2.55. The van der Waals surface area contributed by atoms with Crippen molar-refractivity contribution in [3.05, 3.63) is 42.0 Å². The van der Waals surface area contributed by atoms with Gasteiger partial charge in [0.25, 0.3) is 0 Å². The highest BCUT2D eigenvalue weighted by Gasteiger charge is 2.86. The van der Waals surface area contributed by atoms with E-state index in [-0.39, 0.29) is 10.8 Å². The van der Waals surface area contributed by atoms with Gasteiger partial charge in [0.15, 0.2) is 5.75 Å². The van der Waals surface area contributed by atoms with Crippen LogP contribution < -0.4 is 4.18 Å². The molecule has 0 aliphatic rings. The van der Waals surface area contributed by atoms with Crippen molar-refractivity contribution in [3.63, 3.8) is 0 Å². The first-order chi connectivity index (χ1) is 13.9. The summed E-state index contributed by atoms with van der Waals surface area (Å²) in [5.74, 6) is -17.7. The van der Waals surface area contributed by atoms with Gasteiger partial charge in [-0.3, -0.25) is 0 Å². The number of ether oxygens (including phenoxy) is 1. The number of methoxy groups -OCH3 is 1. The van der Waals surface area contributed by atoms with E-state index in [1.807, 2.05) is 0 Å². The van der Waals surface area contributed by atoms with Crippen LogP contribution in [-0.2, 0) is 14.9 Å². The molecule has 0 amide bonds. The number of fused-ring (bicyclic) bond motifs is 1. The van der Waals surface area contributed by atoms with E-state index in [9.17, 15) is 52.7 Å². The number of halogens is 9. The topological polar surface area (TPSA) is 69.7 Å². The second-order valence-corrected chi connectivity index (χ2v) is 7.44. The van der Waals surface area contributed by atoms with Crippen LogP contribution in [0.3, 0.4) is 0 Å². The number of esters is 1. The first-order valence-corrected chi connectivity index (χ1v) is 9.07. The van der Waals surface area contributed by atoms with Crippen LogP contribution in [-0.4, -0.2) is 44.8 Å². The minimum atomic E-state index is -7.47. The summed E-state index contributed by atoms with van der Waals surface area (Å²) in [6, 6.07) is 6.74. The maximum atomic E-state index is 13.9. The molecule has 2 aromatic carbocycles. The number of benzene rings is 2. The highest BCUT2D eigenvalue weighted by atomic mass is 32.2. The molecule has 0 atom stereocenters. The Morgan fingerprint density at radius 2 is 1.39 bits per heavy atom. The first-order valence-electron chi connectivity index (χ1n) is 7.66. The molecule has 0 aromatic heterocycles. The number of rotatable bonds is 6. The fourth-order valence-electron chi connectivity index (χ4n) is 2.32. The Bertz CT molecular complexity index is 1110. The van der Waals surface area contributed by atoms with Crippen LogP contribution in [0.25, 0.3) is 10.8 Å². The van der Waals surface area contributed by atoms with Crippen molar-refractivity contribution in [1.29, 1.82) is 0 Å². The molecule has 172 valence electrons. The Hall–Kier alpha value is -2.71. The summed E-state index contributed by atoms with van der Waals surface area (Å²) in [4.78, 5) is 12.0. The quantitative estimate of drug-likeness (QED) is 0.336. The Morgan fingerprint density at radius 1 is 0.839 bits per heavy atom. The van der Waals surface area contributed by atoms with Crippen LogP contribution in [0.1, 0.15) is 10.4 Å². The average molecular weight is 484 g/mol. The molecular formula is C16H9F9O5S. The van der Waals surface area contributed by atoms with E-state index in [0.29, 0.717) is 6.07 Å². The lowest BCUT2D eigenvalue weighted by atomic mass is 10.0. The molecule has 0 unspecified atom stereocenters. The predicted molar refractivity (Wildman–Crippen MR) is 85.7 cm³/mol. The Labute approximate surface area is 167 Å². The molecule has 2 rings (SSSR count). The summed E-state index contributed by atoms with van der Waals surface area (Å²) >= 11 is 0. The van der Waals surface area contributed by atoms with E-state index in [0.717, 1.165) is 19.2 Å². The zero-order valence-electron chi connectivity index (χ0n) is 14.8. The van der Waals surface area contributed by atoms with Crippen LogP contribution in [0.5, 0.6) is 5.75 Å². The molecule has 0 N–H and O–H groups in total. The summed E-state index contributed by atoms with van der Waals surface area (Å²) in [5, 5.41) is -7.07. The lowest BCUT2D eigenvalue weighted by Crippen LogP contribution is -2.63. The van der Waals surface area contributed by atoms with E-state index >= 15 is 0 Å². The summed E-state index contributed by atoms with van der Waals surface area (Å²) in [6.45, 7) is 0. The van der Waals surface area contributed by atoms with Gasteiger partial charge in [0.2, 0.25) is 0 Å². The van der Waals surface area contributed by atoms with Crippen molar-refractivity contribution in [1.82, 2.24) is 0 Å². The molecule has 0 fully saturated rings. The second-order valence-electron chi connectivity index (χ2n) is 5.85. The van der Waals surface area contributed by atoms with Crippen LogP contribution in [0.4, 0.5) is 39.5 Å². The first kappa shape index (κ1) is 24.6. The van der Waals surface area contributed by atoms with Crippen molar-refractivity contribution >= 4 is 26.9 Å². The van der Waals surface area contributed by atoms with Crippen LogP contribution in [0.2, 0.25) is 0 Å². The Morgan fingerprint density at radius 3 is 1.90 bits per heavy atom. The van der Waals surface area contributed by atoms with Crippen LogP contribution in [0.15, 0.2) is 36.4 Å². The number of alkyl halides is 9. The monoisotopic (exact) mass is 484 g/mol. The maximum Gasteiger partial charge on any atom is 0.460 e. The van der Waals surface area contributed by atoms with Gasteiger partial charge in [-0.05, 0) is 11.5 Å². The van der Waals surface area contributed by atoms with Crippen molar-refractivity contribution < 1.29 is 61.6 Å². The number of carbonyl (C=O) groups excluding carboxylic acids is 1. The summed E-state index contributed by atoms with van der Waals surface area (Å²) in [7, 11) is -6.45. The highest BCUT2D eigenvalue weighted by molar-refractivity contribution is 7.88. The molecule has 0 aliphatic carbocycles. The standard InChI is InChI=1S/C16H9F9O5S/c1-29-12(26)11-9-5-3-2-4-8(9)6-7-10(11)30-31(27,28)16(24,25)14(19,20)13(17,18)15(21,22)23/h2-7H,1H3. The zero-order chi connectivity index (χ0) is 24.0. The predicted octanol–water partition coefficient (Wildman–Crippen LogP) is 4.76. The Kier molecular flexibility index (Phi) is 5.91. The minimum Gasteiger partial charge on any atom is -0.465 e. The molecule has 0 radical (unpaired) electrons. The van der Waals surface area contributed by atoms with Crippen molar-refractivity contribution in [2.24, 2.45) is 0 Å². The van der Waals surface area contributed by atoms with Gasteiger partial charge < -0.3 is 8.92 Å². The van der Waals surface area contributed by atoms with Gasteiger partial charge in [-0.1, -0.05) is 30.3 Å². The van der Waals surface area contributed by atoms with E-state index in [4.69, 9.17) is 0 Å². The van der Waals surface area contributed by atoms with Gasteiger partial charge in [-0.2, -0.15) is 47.9 Å². The van der Waals surface area contributed by atoms with Gasteiger partial charge >= 0.3 is 39.4 Å². The molecule has 15 heteroatoms. The average Bonchev–Trinajstić information content (AvgIpc) is 2.65. The molecule has 0 bridgehead atoms. The number of hydrogen-bond donors (Lipinski definition) is 0. The van der Waals surface area contributed by atoms with Crippen molar-refractivity contribution in [2.45, 2.75) is 23.3 Å². The minimum absolute atomic E-state index is 0.183. The normalized spacial score (nSPS) is 13.9. The maximum absolute atomic E-state index is 13.9. The van der Waals surface area contributed by atoms with Gasteiger partial charge in [0, 0.05) is 5.39 Å². The molecule has 31 heavy (non-hydrogen) atoms. The van der Waals surface area contributed by atoms with Gasteiger partial charge in [-0.15, -0.1) is 0 Å². The summed E-state index contributed by atoms with van der Waals surface area (Å²) in [6.07, 6.45) is -7.23. The third-order valence-corrected chi connectivity index (χ3v) is 5.19. The fourth-order valence-corrected chi connectivity index (χ4v) is 3.24. The lowest BCUT2D eigenvalue weighted by Gasteiger charge is -2.32. The summed E-state index contributed by atoms with van der Waals surface area (Å²) < 4.78 is 149. The summed E-state index contributed by atoms with van der Waals surface area (Å²) in [5.41, 5.74) is -0.883. The van der Waals surface area contributed by atoms with Gasteiger partial charge in [0.1, 0.15) is 5.56 Å². The largest absolute Gasteiger partial charge is 0.465 e. The lowest BCUT2D eigenvalue weighted by molar-refractivity contribution is -0.382. The molecule has 0 saturated carbocycles. The number of hydrogen-bond acceptors (Lipinski definition) is 5. The molecule has 0 spiro atoms. The van der Waals surface area contributed by atoms with Gasteiger partial charge in [-0.25, -0.2) is 4.79 Å². The second kappa shape index (κ2) is 7.46. The molecule has 0 aliphatic heterocycles. The third-order valence-electron chi connectivity index (χ3n) is 3.91. The van der Waals surface area contributed by atoms with E-state index in [1.54, 1.807) is 0 Å². The molecular weight excluding hydrogens is 475 g/mol. The number of carbonyl (C=O) groups is 1. The molecule has 0 heterocycles. The molecule has 5 nitrogen and oxygen atoms in total. The fraction of sp³-hybridized carbons (Fsp3) is 0.312. The SMILES string of the molecule is COC(=O)c1c(OS(=O)(=O)C(F)(F)C(F)(F)C(F)(F)C(F)(F)F)ccc2ccccc12. The van der Waals surface area contributed by atoms with Crippen molar-refractivity contribution in [2.75, 3.05) is 7.11 Å². The van der Waals surface area contributed by atoms with Gasteiger partial charge in [0.05, 0.1) is 7.11 Å². The smallest absolute Gasteiger partial charge is 0.460 e. The van der Waals surface area contributed by atoms with E-state index in [1.165, 1.54) is 18.2 Å². The molecule has 0 saturated heterocycles. The van der Waals surface area contributed by atoms with Crippen molar-refractivity contribution in [3.8, 4) is 5.75 Å². The van der Waals surface area contributed by atoms with Crippen LogP contribution >= 0.6 is 0 Å². The van der Waals surface area contributed by atoms with E-state index in [2.05, 4.69) is 8.92 Å². The third kappa shape index (κ3) is 3.74. The molecule has 2 aromatic rings. The van der Waals surface area contributed by atoms with E-state index < -0.39 is 50.7 Å².